The van der Waals surface area contributed by atoms with Crippen molar-refractivity contribution < 1.29 is 13.9 Å². The SMILES string of the molecule is COc1cc(CNCC(c2ccc(F)cc2)N(C)C)cc(Cl)c1OC. The number of nitrogens with one attached hydrogen (secondary N) is 1. The fourth-order valence-corrected chi connectivity index (χ4v) is 3.02. The maximum Gasteiger partial charge on any atom is 0.179 e. The summed E-state index contributed by atoms with van der Waals surface area (Å²) >= 11 is 6.24. The van der Waals surface area contributed by atoms with E-state index in [1.165, 1.54) is 12.1 Å². The molecule has 4 nitrogen and oxygen atoms in total. The zero-order chi connectivity index (χ0) is 18.4. The van der Waals surface area contributed by atoms with Crippen LogP contribution in [0.25, 0.3) is 0 Å². The lowest BCUT2D eigenvalue weighted by Gasteiger charge is -2.25. The van der Waals surface area contributed by atoms with Crippen LogP contribution >= 0.6 is 11.6 Å². The molecule has 2 rings (SSSR count). The maximum atomic E-state index is 13.1. The molecule has 0 amide bonds. The highest BCUT2D eigenvalue weighted by atomic mass is 35.5. The minimum Gasteiger partial charge on any atom is -0.493 e. The van der Waals surface area contributed by atoms with Crippen LogP contribution in [0.5, 0.6) is 11.5 Å². The Hall–Kier alpha value is -1.82. The summed E-state index contributed by atoms with van der Waals surface area (Å²) in [6.45, 7) is 1.34. The number of benzene rings is 2. The molecule has 2 aromatic rings. The molecule has 25 heavy (non-hydrogen) atoms. The Balaban J connectivity index is 2.05. The van der Waals surface area contributed by atoms with Gasteiger partial charge in [-0.1, -0.05) is 23.7 Å². The Labute approximate surface area is 153 Å². The molecular formula is C19H24ClFN2O2. The second kappa shape index (κ2) is 9.04. The quantitative estimate of drug-likeness (QED) is 0.768. The topological polar surface area (TPSA) is 33.7 Å². The van der Waals surface area contributed by atoms with E-state index in [9.17, 15) is 4.39 Å². The van der Waals surface area contributed by atoms with Gasteiger partial charge in [-0.2, -0.15) is 0 Å². The van der Waals surface area contributed by atoms with Crippen LogP contribution < -0.4 is 14.8 Å². The Morgan fingerprint density at radius 3 is 2.36 bits per heavy atom. The highest BCUT2D eigenvalue weighted by molar-refractivity contribution is 6.32. The van der Waals surface area contributed by atoms with Crippen LogP contribution in [0.3, 0.4) is 0 Å². The molecule has 0 aliphatic heterocycles. The lowest BCUT2D eigenvalue weighted by atomic mass is 10.1. The summed E-state index contributed by atoms with van der Waals surface area (Å²) in [5, 5.41) is 3.94. The van der Waals surface area contributed by atoms with Crippen molar-refractivity contribution >= 4 is 11.6 Å². The molecule has 0 bridgehead atoms. The first kappa shape index (κ1) is 19.5. The second-order valence-electron chi connectivity index (χ2n) is 5.98. The summed E-state index contributed by atoms with van der Waals surface area (Å²) in [5.74, 6) is 0.911. The van der Waals surface area contributed by atoms with Crippen molar-refractivity contribution in [3.8, 4) is 11.5 Å². The van der Waals surface area contributed by atoms with Gasteiger partial charge in [0, 0.05) is 19.1 Å². The Morgan fingerprint density at radius 1 is 1.12 bits per heavy atom. The molecule has 6 heteroatoms. The zero-order valence-corrected chi connectivity index (χ0v) is 15.7. The number of rotatable bonds is 8. The molecule has 0 spiro atoms. The van der Waals surface area contributed by atoms with Gasteiger partial charge in [-0.15, -0.1) is 0 Å². The highest BCUT2D eigenvalue weighted by Gasteiger charge is 2.15. The van der Waals surface area contributed by atoms with Crippen LogP contribution in [-0.4, -0.2) is 39.8 Å². The molecule has 1 unspecified atom stereocenters. The first-order valence-corrected chi connectivity index (χ1v) is 8.37. The number of halogens is 2. The highest BCUT2D eigenvalue weighted by Crippen LogP contribution is 2.36. The standard InChI is InChI=1S/C19H24ClFN2O2/c1-23(2)17(14-5-7-15(21)8-6-14)12-22-11-13-9-16(20)19(25-4)18(10-13)24-3/h5-10,17,22H,11-12H2,1-4H3. The lowest BCUT2D eigenvalue weighted by Crippen LogP contribution is -2.30. The van der Waals surface area contributed by atoms with E-state index in [0.29, 0.717) is 29.6 Å². The number of ether oxygens (including phenoxy) is 2. The van der Waals surface area contributed by atoms with Crippen molar-refractivity contribution in [2.45, 2.75) is 12.6 Å². The molecule has 1 N–H and O–H groups in total. The summed E-state index contributed by atoms with van der Waals surface area (Å²) in [7, 11) is 7.15. The molecule has 2 aromatic carbocycles. The number of methoxy groups -OCH3 is 2. The van der Waals surface area contributed by atoms with Crippen LogP contribution in [-0.2, 0) is 6.54 Å². The summed E-state index contributed by atoms with van der Waals surface area (Å²) in [6.07, 6.45) is 0. The molecule has 1 atom stereocenters. The second-order valence-corrected chi connectivity index (χ2v) is 6.38. The van der Waals surface area contributed by atoms with E-state index in [2.05, 4.69) is 10.2 Å². The molecule has 0 heterocycles. The van der Waals surface area contributed by atoms with Gasteiger partial charge in [-0.05, 0) is 49.5 Å². The Bertz CT molecular complexity index is 693. The van der Waals surface area contributed by atoms with E-state index >= 15 is 0 Å². The third-order valence-corrected chi connectivity index (χ3v) is 4.32. The van der Waals surface area contributed by atoms with E-state index in [4.69, 9.17) is 21.1 Å². The van der Waals surface area contributed by atoms with Crippen molar-refractivity contribution in [2.24, 2.45) is 0 Å². The van der Waals surface area contributed by atoms with Crippen molar-refractivity contribution in [3.05, 3.63) is 58.4 Å². The molecule has 0 radical (unpaired) electrons. The van der Waals surface area contributed by atoms with Crippen molar-refractivity contribution in [2.75, 3.05) is 34.9 Å². The molecule has 0 fully saturated rings. The smallest absolute Gasteiger partial charge is 0.179 e. The Morgan fingerprint density at radius 2 is 1.80 bits per heavy atom. The zero-order valence-electron chi connectivity index (χ0n) is 15.0. The molecule has 0 aromatic heterocycles. The summed E-state index contributed by atoms with van der Waals surface area (Å²) in [4.78, 5) is 2.10. The average molecular weight is 367 g/mol. The molecule has 136 valence electrons. The third-order valence-electron chi connectivity index (χ3n) is 4.04. The van der Waals surface area contributed by atoms with Crippen molar-refractivity contribution in [1.82, 2.24) is 10.2 Å². The van der Waals surface area contributed by atoms with Crippen LogP contribution in [0, 0.1) is 5.82 Å². The van der Waals surface area contributed by atoms with Crippen molar-refractivity contribution in [1.29, 1.82) is 0 Å². The minimum absolute atomic E-state index is 0.135. The van der Waals surface area contributed by atoms with Gasteiger partial charge in [-0.25, -0.2) is 4.39 Å². The van der Waals surface area contributed by atoms with Crippen molar-refractivity contribution in [3.63, 3.8) is 0 Å². The molecule has 0 aliphatic carbocycles. The first-order valence-electron chi connectivity index (χ1n) is 7.99. The van der Waals surface area contributed by atoms with Gasteiger partial charge < -0.3 is 19.7 Å². The molecular weight excluding hydrogens is 343 g/mol. The fraction of sp³-hybridized carbons (Fsp3) is 0.368. The third kappa shape index (κ3) is 5.08. The normalized spacial score (nSPS) is 12.3. The van der Waals surface area contributed by atoms with Crippen LogP contribution in [0.1, 0.15) is 17.2 Å². The van der Waals surface area contributed by atoms with Crippen LogP contribution in [0.4, 0.5) is 4.39 Å². The predicted octanol–water partition coefficient (Wildman–Crippen LogP) is 3.89. The van der Waals surface area contributed by atoms with Gasteiger partial charge in [0.05, 0.1) is 19.2 Å². The Kier molecular flexibility index (Phi) is 7.05. The van der Waals surface area contributed by atoms with Crippen LogP contribution in [0.15, 0.2) is 36.4 Å². The fourth-order valence-electron chi connectivity index (χ4n) is 2.71. The molecule has 0 saturated carbocycles. The number of hydrogen-bond donors (Lipinski definition) is 1. The predicted molar refractivity (Wildman–Crippen MR) is 99.1 cm³/mol. The van der Waals surface area contributed by atoms with Gasteiger partial charge in [0.2, 0.25) is 0 Å². The monoisotopic (exact) mass is 366 g/mol. The van der Waals surface area contributed by atoms with E-state index in [-0.39, 0.29) is 11.9 Å². The first-order chi connectivity index (χ1) is 12.0. The molecule has 0 aliphatic rings. The number of likely N-dealkylation sites (N-methyl/N-ethyl adjacent to an activating group) is 1. The minimum atomic E-state index is -0.228. The maximum absolute atomic E-state index is 13.1. The van der Waals surface area contributed by atoms with Gasteiger partial charge in [0.1, 0.15) is 5.82 Å². The lowest BCUT2D eigenvalue weighted by molar-refractivity contribution is 0.288. The van der Waals surface area contributed by atoms with E-state index < -0.39 is 0 Å². The van der Waals surface area contributed by atoms with Gasteiger partial charge in [0.15, 0.2) is 11.5 Å². The summed E-state index contributed by atoms with van der Waals surface area (Å²) < 4.78 is 23.7. The summed E-state index contributed by atoms with van der Waals surface area (Å²) in [5.41, 5.74) is 2.06. The van der Waals surface area contributed by atoms with E-state index in [0.717, 1.165) is 11.1 Å². The van der Waals surface area contributed by atoms with Gasteiger partial charge in [0.25, 0.3) is 0 Å². The average Bonchev–Trinajstić information content (AvgIpc) is 2.59. The molecule has 0 saturated heterocycles. The van der Waals surface area contributed by atoms with E-state index in [1.54, 1.807) is 14.2 Å². The van der Waals surface area contributed by atoms with Gasteiger partial charge in [-0.3, -0.25) is 0 Å². The van der Waals surface area contributed by atoms with E-state index in [1.807, 2.05) is 38.4 Å². The summed E-state index contributed by atoms with van der Waals surface area (Å²) in [6, 6.07) is 10.5. The number of hydrogen-bond acceptors (Lipinski definition) is 4. The number of nitrogens with zero attached hydrogens (tertiary/aromatic N) is 1. The largest absolute Gasteiger partial charge is 0.493 e. The van der Waals surface area contributed by atoms with Crippen LogP contribution in [0.2, 0.25) is 5.02 Å². The van der Waals surface area contributed by atoms with Gasteiger partial charge >= 0.3 is 0 Å².